The molecule has 21 heavy (non-hydrogen) atoms. The standard InChI is InChI=1S/C15H11.C5H5.Fe/c1-2-13-7-9-15(10-8-13)12-11-14-5-3-4-6-14;1-2-4-5-3-1;/h1,3-12H;1-5H;/q2*-1;+2. The Bertz CT molecular complexity index is 630. The Balaban J connectivity index is 0.000000313. The van der Waals surface area contributed by atoms with E-state index >= 15 is 0 Å². The van der Waals surface area contributed by atoms with Crippen molar-refractivity contribution in [3.05, 3.63) is 95.6 Å². The van der Waals surface area contributed by atoms with E-state index in [9.17, 15) is 0 Å². The number of hydrogen-bond acceptors (Lipinski definition) is 0. The average molecular weight is 312 g/mol. The fourth-order valence-electron chi connectivity index (χ4n) is 1.70. The van der Waals surface area contributed by atoms with E-state index < -0.39 is 0 Å². The molecule has 3 aromatic carbocycles. The monoisotopic (exact) mass is 312 g/mol. The first kappa shape index (κ1) is 16.8. The summed E-state index contributed by atoms with van der Waals surface area (Å²) in [5, 5.41) is 0. The Labute approximate surface area is 137 Å². The van der Waals surface area contributed by atoms with Crippen LogP contribution in [0.1, 0.15) is 16.7 Å². The molecule has 0 radical (unpaired) electrons. The Morgan fingerprint density at radius 2 is 1.57 bits per heavy atom. The molecule has 3 aromatic rings. The molecule has 0 amide bonds. The minimum absolute atomic E-state index is 0. The van der Waals surface area contributed by atoms with Crippen molar-refractivity contribution in [2.75, 3.05) is 0 Å². The van der Waals surface area contributed by atoms with E-state index in [0.29, 0.717) is 0 Å². The molecule has 0 aromatic heterocycles. The van der Waals surface area contributed by atoms with Crippen molar-refractivity contribution in [2.45, 2.75) is 0 Å². The van der Waals surface area contributed by atoms with E-state index in [4.69, 9.17) is 6.42 Å². The number of hydrogen-bond donors (Lipinski definition) is 0. The average Bonchev–Trinajstić information content (AvgIpc) is 3.21. The quantitative estimate of drug-likeness (QED) is 0.356. The number of terminal acetylenes is 1. The van der Waals surface area contributed by atoms with E-state index in [1.165, 1.54) is 5.56 Å². The van der Waals surface area contributed by atoms with Gasteiger partial charge in [0.15, 0.2) is 0 Å². The zero-order valence-electron chi connectivity index (χ0n) is 11.6. The van der Waals surface area contributed by atoms with E-state index in [0.717, 1.165) is 11.1 Å². The molecular formula is C20H16Fe. The van der Waals surface area contributed by atoms with Gasteiger partial charge in [-0.15, -0.1) is 36.3 Å². The van der Waals surface area contributed by atoms with Gasteiger partial charge in [-0.1, -0.05) is 23.6 Å². The van der Waals surface area contributed by atoms with Crippen molar-refractivity contribution < 1.29 is 17.1 Å². The fourth-order valence-corrected chi connectivity index (χ4v) is 1.70. The Morgan fingerprint density at radius 1 is 0.952 bits per heavy atom. The van der Waals surface area contributed by atoms with E-state index in [1.807, 2.05) is 66.7 Å². The number of benzene rings is 1. The molecule has 0 aliphatic carbocycles. The van der Waals surface area contributed by atoms with E-state index in [-0.39, 0.29) is 17.1 Å². The molecule has 0 spiro atoms. The first-order valence-electron chi connectivity index (χ1n) is 6.51. The van der Waals surface area contributed by atoms with Gasteiger partial charge in [-0.3, -0.25) is 0 Å². The van der Waals surface area contributed by atoms with E-state index in [1.54, 1.807) is 0 Å². The third kappa shape index (κ3) is 6.15. The molecule has 0 nitrogen and oxygen atoms in total. The van der Waals surface area contributed by atoms with Crippen LogP contribution in [0.4, 0.5) is 0 Å². The first-order chi connectivity index (χ1) is 9.88. The van der Waals surface area contributed by atoms with Crippen molar-refractivity contribution >= 4 is 12.2 Å². The fraction of sp³-hybridized carbons (Fsp3) is 0. The molecule has 104 valence electrons. The topological polar surface area (TPSA) is 0 Å². The van der Waals surface area contributed by atoms with Crippen LogP contribution in [-0.2, 0) is 17.1 Å². The summed E-state index contributed by atoms with van der Waals surface area (Å²) >= 11 is 0. The molecule has 0 heterocycles. The minimum Gasteiger partial charge on any atom is -0.214 e. The van der Waals surface area contributed by atoms with Crippen molar-refractivity contribution in [3.63, 3.8) is 0 Å². The molecule has 0 aliphatic heterocycles. The van der Waals surface area contributed by atoms with Crippen molar-refractivity contribution in [1.82, 2.24) is 0 Å². The van der Waals surface area contributed by atoms with Gasteiger partial charge in [-0.05, 0) is 12.1 Å². The molecule has 0 unspecified atom stereocenters. The molecule has 0 atom stereocenters. The summed E-state index contributed by atoms with van der Waals surface area (Å²) in [4.78, 5) is 0. The van der Waals surface area contributed by atoms with Gasteiger partial charge in [0.2, 0.25) is 0 Å². The zero-order valence-corrected chi connectivity index (χ0v) is 12.7. The second-order valence-corrected chi connectivity index (χ2v) is 4.28. The second kappa shape index (κ2) is 9.61. The van der Waals surface area contributed by atoms with Gasteiger partial charge < -0.3 is 0 Å². The van der Waals surface area contributed by atoms with Crippen LogP contribution < -0.4 is 0 Å². The summed E-state index contributed by atoms with van der Waals surface area (Å²) in [7, 11) is 0. The van der Waals surface area contributed by atoms with Gasteiger partial charge in [0.05, 0.1) is 0 Å². The summed E-state index contributed by atoms with van der Waals surface area (Å²) in [6.45, 7) is 0. The molecule has 1 heteroatoms. The van der Waals surface area contributed by atoms with Crippen LogP contribution in [0.25, 0.3) is 12.2 Å². The Kier molecular flexibility index (Phi) is 7.69. The smallest absolute Gasteiger partial charge is 0.214 e. The molecular weight excluding hydrogens is 296 g/mol. The first-order valence-corrected chi connectivity index (χ1v) is 6.51. The molecule has 0 fully saturated rings. The van der Waals surface area contributed by atoms with Crippen molar-refractivity contribution in [1.29, 1.82) is 0 Å². The van der Waals surface area contributed by atoms with Crippen molar-refractivity contribution in [3.8, 4) is 12.3 Å². The SMILES string of the molecule is C#Cc1ccc(C=C[c-]2cccc2)cc1.[Fe+2].c1cc[cH-]c1. The van der Waals surface area contributed by atoms with Crippen LogP contribution in [-0.4, -0.2) is 0 Å². The second-order valence-electron chi connectivity index (χ2n) is 4.28. The normalized spacial score (nSPS) is 9.29. The summed E-state index contributed by atoms with van der Waals surface area (Å²) in [6, 6.07) is 26.2. The van der Waals surface area contributed by atoms with Gasteiger partial charge in [0.1, 0.15) is 0 Å². The predicted octanol–water partition coefficient (Wildman–Crippen LogP) is 4.96. The Hall–Kier alpha value is -2.26. The van der Waals surface area contributed by atoms with Crippen LogP contribution in [0.15, 0.2) is 78.9 Å². The molecule has 0 aliphatic rings. The maximum absolute atomic E-state index is 5.28. The Morgan fingerprint density at radius 3 is 2.05 bits per heavy atom. The van der Waals surface area contributed by atoms with Gasteiger partial charge in [0.25, 0.3) is 0 Å². The minimum atomic E-state index is 0. The summed E-state index contributed by atoms with van der Waals surface area (Å²) in [6.07, 6.45) is 9.45. The molecule has 0 N–H and O–H groups in total. The van der Waals surface area contributed by atoms with Crippen LogP contribution in [0, 0.1) is 12.3 Å². The molecule has 0 saturated heterocycles. The third-order valence-electron chi connectivity index (χ3n) is 2.79. The van der Waals surface area contributed by atoms with Gasteiger partial charge in [-0.25, -0.2) is 12.1 Å². The van der Waals surface area contributed by atoms with E-state index in [2.05, 4.69) is 30.2 Å². The maximum Gasteiger partial charge on any atom is 2.00 e. The zero-order chi connectivity index (χ0) is 14.0. The van der Waals surface area contributed by atoms with Crippen LogP contribution in [0.2, 0.25) is 0 Å². The van der Waals surface area contributed by atoms with Crippen LogP contribution in [0.3, 0.4) is 0 Å². The summed E-state index contributed by atoms with van der Waals surface area (Å²) in [5.41, 5.74) is 3.30. The molecule has 0 bridgehead atoms. The maximum atomic E-state index is 5.28. The van der Waals surface area contributed by atoms with Gasteiger partial charge in [-0.2, -0.15) is 30.3 Å². The van der Waals surface area contributed by atoms with Crippen molar-refractivity contribution in [2.24, 2.45) is 0 Å². The number of rotatable bonds is 2. The molecule has 3 rings (SSSR count). The van der Waals surface area contributed by atoms with Crippen LogP contribution in [0.5, 0.6) is 0 Å². The molecule has 0 saturated carbocycles. The third-order valence-corrected chi connectivity index (χ3v) is 2.79. The summed E-state index contributed by atoms with van der Waals surface area (Å²) < 4.78 is 0. The predicted molar refractivity (Wildman–Crippen MR) is 87.4 cm³/mol. The largest absolute Gasteiger partial charge is 2.00 e. The van der Waals surface area contributed by atoms with Crippen LogP contribution >= 0.6 is 0 Å². The van der Waals surface area contributed by atoms with Gasteiger partial charge in [0, 0.05) is 5.56 Å². The summed E-state index contributed by atoms with van der Waals surface area (Å²) in [5.74, 6) is 2.60. The van der Waals surface area contributed by atoms with Gasteiger partial charge >= 0.3 is 17.1 Å².